The number of hydrogen-bond donors (Lipinski definition) is 1. The molecule has 4 nitrogen and oxygen atoms in total. The first kappa shape index (κ1) is 13.0. The highest BCUT2D eigenvalue weighted by molar-refractivity contribution is 7.91. The van der Waals surface area contributed by atoms with Crippen LogP contribution in [0.4, 0.5) is 5.69 Å². The third kappa shape index (κ3) is 2.85. The van der Waals surface area contributed by atoms with E-state index in [0.29, 0.717) is 13.0 Å². The molecule has 0 amide bonds. The first-order valence-corrected chi connectivity index (χ1v) is 7.89. The highest BCUT2D eigenvalue weighted by Gasteiger charge is 2.07. The number of fused-ring (bicyclic) bond motifs is 1. The number of nitrogens with zero attached hydrogens (tertiary/aromatic N) is 1. The first-order chi connectivity index (χ1) is 8.52. The molecule has 2 aromatic rings. The fourth-order valence-corrected chi connectivity index (χ4v) is 2.87. The van der Waals surface area contributed by atoms with Crippen LogP contribution < -0.4 is 5.73 Å². The van der Waals surface area contributed by atoms with E-state index in [2.05, 4.69) is 4.57 Å². The van der Waals surface area contributed by atoms with Gasteiger partial charge in [0.1, 0.15) is 9.84 Å². The molecule has 0 unspecified atom stereocenters. The fourth-order valence-electron chi connectivity index (χ4n) is 2.01. The van der Waals surface area contributed by atoms with Crippen molar-refractivity contribution in [1.82, 2.24) is 4.57 Å². The molecule has 0 bridgehead atoms. The first-order valence-electron chi connectivity index (χ1n) is 6.06. The number of benzene rings is 1. The van der Waals surface area contributed by atoms with Crippen molar-refractivity contribution >= 4 is 26.4 Å². The molecule has 18 heavy (non-hydrogen) atoms. The third-order valence-corrected chi connectivity index (χ3v) is 4.88. The molecule has 2 rings (SSSR count). The van der Waals surface area contributed by atoms with Crippen LogP contribution in [0.2, 0.25) is 0 Å². The molecule has 1 aromatic carbocycles. The smallest absolute Gasteiger partial charge is 0.150 e. The summed E-state index contributed by atoms with van der Waals surface area (Å²) in [7, 11) is -2.87. The molecule has 0 aliphatic rings. The molecule has 5 heteroatoms. The Balaban J connectivity index is 2.09. The number of hydrogen-bond acceptors (Lipinski definition) is 3. The zero-order valence-electron chi connectivity index (χ0n) is 10.5. The van der Waals surface area contributed by atoms with Gasteiger partial charge in [-0.15, -0.1) is 0 Å². The van der Waals surface area contributed by atoms with Crippen molar-refractivity contribution in [3.05, 3.63) is 30.5 Å². The van der Waals surface area contributed by atoms with Crippen molar-refractivity contribution in [2.24, 2.45) is 0 Å². The largest absolute Gasteiger partial charge is 0.399 e. The van der Waals surface area contributed by atoms with Crippen molar-refractivity contribution in [2.75, 3.05) is 17.2 Å². The van der Waals surface area contributed by atoms with Crippen LogP contribution in [0, 0.1) is 0 Å². The Morgan fingerprint density at radius 2 is 2.06 bits per heavy atom. The van der Waals surface area contributed by atoms with E-state index in [0.717, 1.165) is 16.6 Å². The summed E-state index contributed by atoms with van der Waals surface area (Å²) in [6.45, 7) is 2.40. The summed E-state index contributed by atoms with van der Waals surface area (Å²) in [5.74, 6) is 0.466. The molecule has 1 aromatic heterocycles. The predicted octanol–water partition coefficient (Wildman–Crippen LogP) is 2.05. The molecule has 0 aliphatic heterocycles. The van der Waals surface area contributed by atoms with Crippen molar-refractivity contribution in [3.63, 3.8) is 0 Å². The molecule has 0 aliphatic carbocycles. The SMILES string of the molecule is CCS(=O)(=O)CCCn1ccc2cc(N)ccc21. The lowest BCUT2D eigenvalue weighted by atomic mass is 10.2. The Morgan fingerprint density at radius 1 is 1.28 bits per heavy atom. The van der Waals surface area contributed by atoms with E-state index < -0.39 is 9.84 Å². The summed E-state index contributed by atoms with van der Waals surface area (Å²) in [6.07, 6.45) is 2.62. The van der Waals surface area contributed by atoms with E-state index in [1.165, 1.54) is 0 Å². The number of anilines is 1. The summed E-state index contributed by atoms with van der Waals surface area (Å²) >= 11 is 0. The molecule has 0 saturated carbocycles. The van der Waals surface area contributed by atoms with Crippen molar-refractivity contribution in [2.45, 2.75) is 19.9 Å². The summed E-state index contributed by atoms with van der Waals surface area (Å²) in [6, 6.07) is 7.76. The highest BCUT2D eigenvalue weighted by atomic mass is 32.2. The van der Waals surface area contributed by atoms with Gasteiger partial charge >= 0.3 is 0 Å². The molecule has 2 N–H and O–H groups in total. The summed E-state index contributed by atoms with van der Waals surface area (Å²) in [5.41, 5.74) is 7.56. The molecular weight excluding hydrogens is 248 g/mol. The van der Waals surface area contributed by atoms with Crippen LogP contribution in [-0.4, -0.2) is 24.5 Å². The van der Waals surface area contributed by atoms with Crippen LogP contribution in [0.25, 0.3) is 10.9 Å². The van der Waals surface area contributed by atoms with Gasteiger partial charge in [-0.1, -0.05) is 6.92 Å². The number of sulfone groups is 1. The van der Waals surface area contributed by atoms with Gasteiger partial charge in [0.25, 0.3) is 0 Å². The summed E-state index contributed by atoms with van der Waals surface area (Å²) in [5, 5.41) is 1.09. The lowest BCUT2D eigenvalue weighted by molar-refractivity contribution is 0.589. The zero-order chi connectivity index (χ0) is 13.2. The second kappa shape index (κ2) is 5.02. The molecule has 98 valence electrons. The van der Waals surface area contributed by atoms with Gasteiger partial charge in [-0.3, -0.25) is 0 Å². The second-order valence-electron chi connectivity index (χ2n) is 4.42. The molecule has 0 fully saturated rings. The predicted molar refractivity (Wildman–Crippen MR) is 75.3 cm³/mol. The third-order valence-electron chi connectivity index (χ3n) is 3.09. The Morgan fingerprint density at radius 3 is 2.78 bits per heavy atom. The van der Waals surface area contributed by atoms with E-state index in [-0.39, 0.29) is 11.5 Å². The van der Waals surface area contributed by atoms with Crippen molar-refractivity contribution in [1.29, 1.82) is 0 Å². The quantitative estimate of drug-likeness (QED) is 0.842. The van der Waals surface area contributed by atoms with Crippen molar-refractivity contribution in [3.8, 4) is 0 Å². The van der Waals surface area contributed by atoms with Gasteiger partial charge in [-0.2, -0.15) is 0 Å². The van der Waals surface area contributed by atoms with Crippen molar-refractivity contribution < 1.29 is 8.42 Å². The molecule has 1 heterocycles. The minimum Gasteiger partial charge on any atom is -0.399 e. The number of aryl methyl sites for hydroxylation is 1. The Hall–Kier alpha value is -1.49. The monoisotopic (exact) mass is 266 g/mol. The van der Waals surface area contributed by atoms with Gasteiger partial charge in [-0.05, 0) is 30.7 Å². The van der Waals surface area contributed by atoms with Gasteiger partial charge < -0.3 is 10.3 Å². The lowest BCUT2D eigenvalue weighted by Gasteiger charge is -2.05. The number of aromatic nitrogens is 1. The highest BCUT2D eigenvalue weighted by Crippen LogP contribution is 2.19. The van der Waals surface area contributed by atoms with E-state index in [1.54, 1.807) is 6.92 Å². The second-order valence-corrected chi connectivity index (χ2v) is 6.89. The molecule has 0 atom stereocenters. The maximum atomic E-state index is 11.4. The van der Waals surface area contributed by atoms with Crippen LogP contribution in [0.3, 0.4) is 0 Å². The Bertz CT molecular complexity index is 644. The summed E-state index contributed by atoms with van der Waals surface area (Å²) in [4.78, 5) is 0. The average molecular weight is 266 g/mol. The Labute approximate surface area is 107 Å². The van der Waals surface area contributed by atoms with Gasteiger partial charge in [0, 0.05) is 35.1 Å². The normalized spacial score (nSPS) is 12.1. The molecular formula is C13H18N2O2S. The zero-order valence-corrected chi connectivity index (χ0v) is 11.3. The maximum Gasteiger partial charge on any atom is 0.150 e. The fraction of sp³-hybridized carbons (Fsp3) is 0.385. The minimum atomic E-state index is -2.87. The van der Waals surface area contributed by atoms with Gasteiger partial charge in [0.05, 0.1) is 5.75 Å². The van der Waals surface area contributed by atoms with E-state index in [9.17, 15) is 8.42 Å². The number of nitrogens with two attached hydrogens (primary N) is 1. The number of nitrogen functional groups attached to an aromatic ring is 1. The maximum absolute atomic E-state index is 11.4. The van der Waals surface area contributed by atoms with E-state index >= 15 is 0 Å². The van der Waals surface area contributed by atoms with Crippen LogP contribution in [-0.2, 0) is 16.4 Å². The Kier molecular flexibility index (Phi) is 3.61. The van der Waals surface area contributed by atoms with Gasteiger partial charge in [0.2, 0.25) is 0 Å². The topological polar surface area (TPSA) is 65.1 Å². The van der Waals surface area contributed by atoms with Gasteiger partial charge in [-0.25, -0.2) is 8.42 Å². The van der Waals surface area contributed by atoms with Crippen LogP contribution >= 0.6 is 0 Å². The number of rotatable bonds is 5. The molecule has 0 radical (unpaired) electrons. The minimum absolute atomic E-state index is 0.218. The molecule has 0 saturated heterocycles. The van der Waals surface area contributed by atoms with Crippen LogP contribution in [0.1, 0.15) is 13.3 Å². The lowest BCUT2D eigenvalue weighted by Crippen LogP contribution is -2.10. The van der Waals surface area contributed by atoms with E-state index in [1.807, 2.05) is 30.5 Å². The van der Waals surface area contributed by atoms with Crippen LogP contribution in [0.5, 0.6) is 0 Å². The van der Waals surface area contributed by atoms with E-state index in [4.69, 9.17) is 5.73 Å². The average Bonchev–Trinajstić information content (AvgIpc) is 2.71. The molecule has 0 spiro atoms. The standard InChI is InChI=1S/C13H18N2O2S/c1-2-18(16,17)9-3-7-15-8-6-11-10-12(14)4-5-13(11)15/h4-6,8,10H,2-3,7,9,14H2,1H3. The van der Waals surface area contributed by atoms with Gasteiger partial charge in [0.15, 0.2) is 0 Å². The van der Waals surface area contributed by atoms with Crippen LogP contribution in [0.15, 0.2) is 30.5 Å². The summed E-state index contributed by atoms with van der Waals surface area (Å²) < 4.78 is 24.9.